The Kier molecular flexibility index (Phi) is 57.1. The second-order valence-corrected chi connectivity index (χ2v) is 22.0. The van der Waals surface area contributed by atoms with Crippen LogP contribution in [0.2, 0.25) is 0 Å². The molecule has 0 rings (SSSR count). The van der Waals surface area contributed by atoms with Crippen LogP contribution in [0.25, 0.3) is 0 Å². The van der Waals surface area contributed by atoms with E-state index in [0.717, 1.165) is 122 Å². The molecule has 80 heavy (non-hydrogen) atoms. The predicted molar refractivity (Wildman–Crippen MR) is 341 cm³/mol. The Morgan fingerprint density at radius 1 is 0.388 bits per heavy atom. The number of carbonyl (C=O) groups excluding carboxylic acids is 2. The number of carbonyl (C=O) groups is 3. The topological polar surface area (TPSA) is 108 Å². The number of nitrogens with zero attached hydrogens (tertiary/aromatic N) is 1. The van der Waals surface area contributed by atoms with Crippen molar-refractivity contribution in [3.63, 3.8) is 0 Å². The molecule has 0 saturated carbocycles. The van der Waals surface area contributed by atoms with E-state index in [1.807, 2.05) is 21.1 Å². The normalized spacial score (nSPS) is 13.7. The SMILES string of the molecule is CC/C=C\C/C=C\C/C=C\C/C=C\C/C=C\C/C=C\C/C=C\C/C=C\C/C=C\CCCCCCCCCCCC(=O)OC(COC(=O)CCCCCCCCC/C=C\C/C=C\CCCCCC)COC(OCC[N+](C)(C)C)C(=O)O. The van der Waals surface area contributed by atoms with Crippen molar-refractivity contribution in [2.24, 2.45) is 0 Å². The fraction of sp³-hybridized carbons (Fsp3) is 0.648. The van der Waals surface area contributed by atoms with E-state index in [0.29, 0.717) is 17.4 Å². The molecule has 0 bridgehead atoms. The Balaban J connectivity index is 4.21. The summed E-state index contributed by atoms with van der Waals surface area (Å²) >= 11 is 0. The lowest BCUT2D eigenvalue weighted by Crippen LogP contribution is -2.40. The first-order valence-corrected chi connectivity index (χ1v) is 31.8. The van der Waals surface area contributed by atoms with Crippen molar-refractivity contribution in [1.82, 2.24) is 0 Å². The Morgan fingerprint density at radius 3 is 1.06 bits per heavy atom. The number of aliphatic carboxylic acids is 1. The summed E-state index contributed by atoms with van der Waals surface area (Å²) in [5, 5.41) is 9.72. The molecule has 0 aliphatic heterocycles. The van der Waals surface area contributed by atoms with Gasteiger partial charge < -0.3 is 28.5 Å². The number of ether oxygens (including phenoxy) is 4. The standard InChI is InChI=1S/C71H117NO8/c1-6-8-10-12-14-16-18-20-22-24-26-27-28-29-30-31-32-33-34-35-36-37-38-39-40-41-42-43-44-46-48-50-52-54-56-58-60-62-69(74)80-67(66-79-71(70(75)76)77-64-63-72(3,4)5)65-78-68(73)61-59-57-55-53-51-49-47-45-25-23-21-19-17-15-13-11-9-7-2/h8,10,14,16-17,19-20,22-23,25-27,29-30,32-33,35-36,38-39,41-42,67,71H,6-7,9,11-13,15,18,21,24,28,31,34,37,40,43-66H2,1-5H3/p+1/b10-8-,16-14-,19-17-,22-20-,25-23-,27-26-,30-29-,33-32-,36-35-,39-38-,42-41-. The zero-order valence-electron chi connectivity index (χ0n) is 51.7. The zero-order chi connectivity index (χ0) is 58.3. The summed E-state index contributed by atoms with van der Waals surface area (Å²) in [6.45, 7) is 4.72. The van der Waals surface area contributed by atoms with E-state index in [-0.39, 0.29) is 38.6 Å². The number of carboxylic acid groups (broad SMARTS) is 1. The molecule has 2 unspecified atom stereocenters. The number of esters is 2. The molecule has 0 fully saturated rings. The summed E-state index contributed by atoms with van der Waals surface area (Å²) in [7, 11) is 5.96. The van der Waals surface area contributed by atoms with Crippen LogP contribution in [0, 0.1) is 0 Å². The van der Waals surface area contributed by atoms with Gasteiger partial charge in [-0.2, -0.15) is 0 Å². The van der Waals surface area contributed by atoms with Crippen LogP contribution in [0.1, 0.15) is 239 Å². The van der Waals surface area contributed by atoms with Gasteiger partial charge in [-0.3, -0.25) is 9.59 Å². The van der Waals surface area contributed by atoms with E-state index in [9.17, 15) is 19.5 Å². The molecule has 9 heteroatoms. The minimum Gasteiger partial charge on any atom is -0.477 e. The smallest absolute Gasteiger partial charge is 0.361 e. The van der Waals surface area contributed by atoms with Crippen LogP contribution in [0.5, 0.6) is 0 Å². The summed E-state index contributed by atoms with van der Waals surface area (Å²) in [4.78, 5) is 37.5. The van der Waals surface area contributed by atoms with Gasteiger partial charge in [-0.15, -0.1) is 0 Å². The van der Waals surface area contributed by atoms with Crippen LogP contribution >= 0.6 is 0 Å². The highest BCUT2D eigenvalue weighted by Crippen LogP contribution is 2.15. The molecule has 1 N–H and O–H groups in total. The van der Waals surface area contributed by atoms with Crippen molar-refractivity contribution >= 4 is 17.9 Å². The molecular weight excluding hydrogens is 995 g/mol. The van der Waals surface area contributed by atoms with Gasteiger partial charge in [-0.25, -0.2) is 4.79 Å². The van der Waals surface area contributed by atoms with Crippen LogP contribution in [-0.4, -0.2) is 87.4 Å². The van der Waals surface area contributed by atoms with Gasteiger partial charge in [0.15, 0.2) is 6.10 Å². The highest BCUT2D eigenvalue weighted by atomic mass is 16.7. The second-order valence-electron chi connectivity index (χ2n) is 22.0. The molecule has 0 spiro atoms. The molecular formula is C71H118NO8+. The molecule has 2 atom stereocenters. The van der Waals surface area contributed by atoms with Gasteiger partial charge in [0.05, 0.1) is 34.4 Å². The average Bonchev–Trinajstić information content (AvgIpc) is 3.43. The van der Waals surface area contributed by atoms with Crippen molar-refractivity contribution in [2.75, 3.05) is 47.5 Å². The van der Waals surface area contributed by atoms with E-state index in [4.69, 9.17) is 18.9 Å². The number of quaternary nitrogens is 1. The van der Waals surface area contributed by atoms with Crippen LogP contribution in [0.15, 0.2) is 134 Å². The Hall–Kier alpha value is -4.57. The number of likely N-dealkylation sites (N-methyl/N-ethyl adjacent to an activating group) is 1. The first-order chi connectivity index (χ1) is 39.1. The molecule has 0 aromatic rings. The van der Waals surface area contributed by atoms with Crippen molar-refractivity contribution in [3.05, 3.63) is 134 Å². The Labute approximate surface area is 490 Å². The maximum absolute atomic E-state index is 12.9. The van der Waals surface area contributed by atoms with E-state index < -0.39 is 24.3 Å². The second kappa shape index (κ2) is 60.5. The minimum atomic E-state index is -1.52. The highest BCUT2D eigenvalue weighted by molar-refractivity contribution is 5.71. The molecule has 0 radical (unpaired) electrons. The summed E-state index contributed by atoms with van der Waals surface area (Å²) < 4.78 is 22.9. The van der Waals surface area contributed by atoms with E-state index in [2.05, 4.69) is 148 Å². The van der Waals surface area contributed by atoms with Gasteiger partial charge in [0.2, 0.25) is 0 Å². The highest BCUT2D eigenvalue weighted by Gasteiger charge is 2.25. The van der Waals surface area contributed by atoms with E-state index in [1.165, 1.54) is 83.5 Å². The van der Waals surface area contributed by atoms with Gasteiger partial charge in [-0.05, 0) is 116 Å². The van der Waals surface area contributed by atoms with Gasteiger partial charge in [0.1, 0.15) is 13.2 Å². The maximum Gasteiger partial charge on any atom is 0.361 e. The first-order valence-electron chi connectivity index (χ1n) is 31.8. The van der Waals surface area contributed by atoms with Crippen LogP contribution < -0.4 is 0 Å². The van der Waals surface area contributed by atoms with E-state index >= 15 is 0 Å². The molecule has 9 nitrogen and oxygen atoms in total. The number of rotatable bonds is 57. The molecule has 0 amide bonds. The van der Waals surface area contributed by atoms with Crippen molar-refractivity contribution in [3.8, 4) is 0 Å². The average molecular weight is 1110 g/mol. The Morgan fingerprint density at radius 2 is 0.713 bits per heavy atom. The summed E-state index contributed by atoms with van der Waals surface area (Å²) in [5.74, 6) is -2.03. The van der Waals surface area contributed by atoms with Gasteiger partial charge in [0, 0.05) is 12.8 Å². The Bertz CT molecular complexity index is 1770. The number of unbranched alkanes of at least 4 members (excludes halogenated alkanes) is 20. The fourth-order valence-electron chi connectivity index (χ4n) is 8.27. The number of carboxylic acids is 1. The van der Waals surface area contributed by atoms with Gasteiger partial charge in [-0.1, -0.05) is 244 Å². The summed E-state index contributed by atoms with van der Waals surface area (Å²) in [5.41, 5.74) is 0. The molecule has 0 aromatic carbocycles. The third kappa shape index (κ3) is 61.1. The molecule has 0 saturated heterocycles. The molecule has 0 aliphatic rings. The molecule has 0 aromatic heterocycles. The third-order valence-electron chi connectivity index (χ3n) is 13.1. The van der Waals surface area contributed by atoms with Crippen molar-refractivity contribution in [2.45, 2.75) is 251 Å². The van der Waals surface area contributed by atoms with E-state index in [1.54, 1.807) is 0 Å². The monoisotopic (exact) mass is 1110 g/mol. The largest absolute Gasteiger partial charge is 0.477 e. The van der Waals surface area contributed by atoms with Gasteiger partial charge in [0.25, 0.3) is 6.29 Å². The zero-order valence-corrected chi connectivity index (χ0v) is 51.7. The van der Waals surface area contributed by atoms with Crippen LogP contribution in [0.4, 0.5) is 0 Å². The van der Waals surface area contributed by atoms with Gasteiger partial charge >= 0.3 is 17.9 Å². The van der Waals surface area contributed by atoms with Crippen molar-refractivity contribution < 1.29 is 42.9 Å². The lowest BCUT2D eigenvalue weighted by Gasteiger charge is -2.25. The summed E-state index contributed by atoms with van der Waals surface area (Å²) in [6.07, 6.45) is 83.9. The molecule has 454 valence electrons. The van der Waals surface area contributed by atoms with Crippen molar-refractivity contribution in [1.29, 1.82) is 0 Å². The predicted octanol–water partition coefficient (Wildman–Crippen LogP) is 19.4. The molecule has 0 heterocycles. The van der Waals surface area contributed by atoms with Crippen LogP contribution in [-0.2, 0) is 33.3 Å². The lowest BCUT2D eigenvalue weighted by atomic mass is 10.1. The number of hydrogen-bond acceptors (Lipinski definition) is 7. The maximum atomic E-state index is 12.9. The minimum absolute atomic E-state index is 0.179. The first kappa shape index (κ1) is 75.4. The molecule has 0 aliphatic carbocycles. The quantitative estimate of drug-likeness (QED) is 0.0211. The number of hydrogen-bond donors (Lipinski definition) is 1. The lowest BCUT2D eigenvalue weighted by molar-refractivity contribution is -0.870. The van der Waals surface area contributed by atoms with Crippen LogP contribution in [0.3, 0.4) is 0 Å². The third-order valence-corrected chi connectivity index (χ3v) is 13.1. The summed E-state index contributed by atoms with van der Waals surface area (Å²) in [6, 6.07) is 0. The fourth-order valence-corrected chi connectivity index (χ4v) is 8.27. The number of allylic oxidation sites excluding steroid dienone is 22.